The van der Waals surface area contributed by atoms with Gasteiger partial charge in [0.15, 0.2) is 17.5 Å². The van der Waals surface area contributed by atoms with E-state index in [4.69, 9.17) is 29.0 Å². The van der Waals surface area contributed by atoms with Crippen molar-refractivity contribution in [3.63, 3.8) is 0 Å². The molecule has 13 aromatic rings. The minimum Gasteiger partial charge on any atom is -0.456 e. The third-order valence-electron chi connectivity index (χ3n) is 12.2. The van der Waals surface area contributed by atoms with Crippen molar-refractivity contribution in [2.24, 2.45) is 0 Å². The summed E-state index contributed by atoms with van der Waals surface area (Å²) in [6.45, 7) is 0. The lowest BCUT2D eigenvalue weighted by molar-refractivity contribution is 0.669. The zero-order valence-electron chi connectivity index (χ0n) is 47.9. The van der Waals surface area contributed by atoms with Crippen LogP contribution in [0.5, 0.6) is 0 Å². The maximum atomic E-state index is 9.97. The molecule has 0 radical (unpaired) electrons. The van der Waals surface area contributed by atoms with E-state index in [0.29, 0.717) is 44.8 Å². The molecule has 0 N–H and O–H groups in total. The molecule has 0 aliphatic rings. The maximum absolute atomic E-state index is 9.97. The summed E-state index contributed by atoms with van der Waals surface area (Å²) in [4.78, 5) is 15.4. The quantitative estimate of drug-likeness (QED) is 0.153. The molecule has 13 rings (SSSR count). The molecule has 0 aliphatic carbocycles. The van der Waals surface area contributed by atoms with Crippen molar-refractivity contribution in [2.45, 2.75) is 0 Å². The summed E-state index contributed by atoms with van der Waals surface area (Å²) in [6.07, 6.45) is 0. The highest BCUT2D eigenvalue weighted by molar-refractivity contribution is 6.12. The van der Waals surface area contributed by atoms with Gasteiger partial charge >= 0.3 is 0 Å². The molecule has 0 saturated carbocycles. The first-order chi connectivity index (χ1) is 38.7. The van der Waals surface area contributed by atoms with E-state index in [2.05, 4.69) is 36.4 Å². The van der Waals surface area contributed by atoms with Crippen LogP contribution in [0.1, 0.15) is 16.4 Å². The Balaban J connectivity index is 1.12. The van der Waals surface area contributed by atoms with Crippen molar-refractivity contribution >= 4 is 43.7 Å². The molecule has 0 bridgehead atoms. The van der Waals surface area contributed by atoms with Crippen molar-refractivity contribution in [1.29, 1.82) is 0 Å². The van der Waals surface area contributed by atoms with Crippen molar-refractivity contribution in [1.82, 2.24) is 19.5 Å². The summed E-state index contributed by atoms with van der Waals surface area (Å²) >= 11 is 0. The van der Waals surface area contributed by atoms with Gasteiger partial charge in [0.25, 0.3) is 0 Å². The van der Waals surface area contributed by atoms with Gasteiger partial charge in [-0.15, -0.1) is 0 Å². The monoisotopic (exact) mass is 880 g/mol. The van der Waals surface area contributed by atoms with Crippen LogP contribution in [0, 0.1) is 0 Å². The van der Waals surface area contributed by atoms with Crippen LogP contribution < -0.4 is 0 Å². The van der Waals surface area contributed by atoms with Crippen LogP contribution in [0.15, 0.2) is 247 Å². The standard InChI is InChI=1S/C63H40N4O/c1-4-15-41(16-5-1)43-27-29-44(30-28-43)45-31-33-46(34-32-45)50-23-14-24-54(60(50)67-56-25-12-10-21-51(56)55-39-48(36-38-57(55)67)42-17-6-2-7-18-42)63-65-61(47-19-8-3-9-20-47)64-62(66-63)49-35-37-53-52-22-11-13-26-58(52)68-59(53)40-49/h1-40H/i2D,6D,7D,10D,12D,17D,18D,21D,25D,36D,38D,39D. The highest BCUT2D eigenvalue weighted by atomic mass is 16.3. The van der Waals surface area contributed by atoms with Crippen molar-refractivity contribution in [2.75, 3.05) is 0 Å². The van der Waals surface area contributed by atoms with Crippen LogP contribution >= 0.6 is 0 Å². The van der Waals surface area contributed by atoms with Crippen molar-refractivity contribution < 1.29 is 20.9 Å². The van der Waals surface area contributed by atoms with E-state index < -0.39 is 83.6 Å². The predicted molar refractivity (Wildman–Crippen MR) is 279 cm³/mol. The lowest BCUT2D eigenvalue weighted by atomic mass is 9.95. The number of aromatic nitrogens is 4. The van der Waals surface area contributed by atoms with Crippen LogP contribution in [0.2, 0.25) is 0 Å². The van der Waals surface area contributed by atoms with E-state index in [1.807, 2.05) is 127 Å². The minimum atomic E-state index is -0.714. The van der Waals surface area contributed by atoms with Gasteiger partial charge in [0.05, 0.1) is 33.2 Å². The van der Waals surface area contributed by atoms with Gasteiger partial charge in [-0.25, -0.2) is 15.0 Å². The molecule has 10 aromatic carbocycles. The predicted octanol–water partition coefficient (Wildman–Crippen LogP) is 16.5. The Kier molecular flexibility index (Phi) is 6.89. The van der Waals surface area contributed by atoms with Crippen LogP contribution in [0.3, 0.4) is 0 Å². The fourth-order valence-corrected chi connectivity index (χ4v) is 8.97. The van der Waals surface area contributed by atoms with Gasteiger partial charge < -0.3 is 8.98 Å². The van der Waals surface area contributed by atoms with E-state index in [-0.39, 0.29) is 39.1 Å². The van der Waals surface area contributed by atoms with Gasteiger partial charge in [0, 0.05) is 43.8 Å². The average Bonchev–Trinajstić information content (AvgIpc) is 4.09. The van der Waals surface area contributed by atoms with Crippen molar-refractivity contribution in [3.05, 3.63) is 242 Å². The number of nitrogens with zero attached hydrogens (tertiary/aromatic N) is 4. The number of fused-ring (bicyclic) bond motifs is 6. The van der Waals surface area contributed by atoms with Crippen LogP contribution in [0.25, 0.3) is 128 Å². The number of furan rings is 1. The molecule has 3 aromatic heterocycles. The highest BCUT2D eigenvalue weighted by Crippen LogP contribution is 2.43. The third-order valence-corrected chi connectivity index (χ3v) is 12.2. The molecule has 0 amide bonds. The lowest BCUT2D eigenvalue weighted by Crippen LogP contribution is -2.05. The van der Waals surface area contributed by atoms with Crippen LogP contribution in [-0.2, 0) is 0 Å². The molecule has 0 fully saturated rings. The van der Waals surface area contributed by atoms with E-state index in [1.54, 1.807) is 6.07 Å². The molecule has 3 heterocycles. The Bertz CT molecular complexity index is 4690. The summed E-state index contributed by atoms with van der Waals surface area (Å²) in [6, 6.07) is 46.6. The van der Waals surface area contributed by atoms with E-state index in [1.165, 1.54) is 4.57 Å². The molecule has 5 heteroatoms. The summed E-state index contributed by atoms with van der Waals surface area (Å²) in [5.74, 6) is 0.691. The molecule has 0 atom stereocenters. The molecule has 0 unspecified atom stereocenters. The summed E-state index contributed by atoms with van der Waals surface area (Å²) < 4.78 is 118. The smallest absolute Gasteiger partial charge is 0.166 e. The Hall–Kier alpha value is -9.19. The van der Waals surface area contributed by atoms with Gasteiger partial charge in [-0.2, -0.15) is 0 Å². The Morgan fingerprint density at radius 1 is 0.338 bits per heavy atom. The second-order valence-electron chi connectivity index (χ2n) is 16.2. The van der Waals surface area contributed by atoms with Gasteiger partial charge in [-0.3, -0.25) is 0 Å². The lowest BCUT2D eigenvalue weighted by Gasteiger charge is -2.19. The molecule has 0 aliphatic heterocycles. The van der Waals surface area contributed by atoms with E-state index >= 15 is 0 Å². The molecule has 68 heavy (non-hydrogen) atoms. The molecular weight excluding hydrogens is 829 g/mol. The first-order valence-corrected chi connectivity index (χ1v) is 21.9. The summed E-state index contributed by atoms with van der Waals surface area (Å²) in [5.41, 5.74) is 6.94. The third kappa shape index (κ3) is 6.84. The van der Waals surface area contributed by atoms with E-state index in [0.717, 1.165) is 33.0 Å². The second kappa shape index (κ2) is 16.4. The fourth-order valence-electron chi connectivity index (χ4n) is 8.97. The molecule has 5 nitrogen and oxygen atoms in total. The number of hydrogen-bond donors (Lipinski definition) is 0. The molecule has 0 spiro atoms. The average molecular weight is 881 g/mol. The van der Waals surface area contributed by atoms with Crippen LogP contribution in [0.4, 0.5) is 0 Å². The van der Waals surface area contributed by atoms with E-state index in [9.17, 15) is 6.85 Å². The molecular formula is C63H40N4O. The normalized spacial score (nSPS) is 14.0. The van der Waals surface area contributed by atoms with Crippen molar-refractivity contribution in [3.8, 4) is 84.4 Å². The summed E-state index contributed by atoms with van der Waals surface area (Å²) in [5, 5.41) is 1.45. The number of para-hydroxylation sites is 3. The highest BCUT2D eigenvalue weighted by Gasteiger charge is 2.23. The topological polar surface area (TPSA) is 56.7 Å². The maximum Gasteiger partial charge on any atom is 0.166 e. The zero-order chi connectivity index (χ0) is 55.4. The van der Waals surface area contributed by atoms with Crippen LogP contribution in [-0.4, -0.2) is 19.5 Å². The molecule has 318 valence electrons. The number of hydrogen-bond acceptors (Lipinski definition) is 4. The van der Waals surface area contributed by atoms with Gasteiger partial charge in [-0.05, 0) is 81.3 Å². The fraction of sp³-hybridized carbons (Fsp3) is 0. The second-order valence-corrected chi connectivity index (χ2v) is 16.2. The Labute approximate surface area is 409 Å². The summed E-state index contributed by atoms with van der Waals surface area (Å²) in [7, 11) is 0. The Morgan fingerprint density at radius 2 is 0.897 bits per heavy atom. The largest absolute Gasteiger partial charge is 0.456 e. The number of rotatable bonds is 8. The SMILES string of the molecule is [2H]c1c([2H])c([2H])c(-c2c([2H])c([2H])c3c(c2[2H])c2c([2H])c([2H])c([2H])c([2H])c2n3-c2c(-c3ccc(-c4ccc(-c5ccccc5)cc4)cc3)cccc2-c2nc(-c3ccccc3)nc(-c3ccc4c(c3)oc3ccccc34)n2)c([2H])c1[2H]. The number of benzene rings is 10. The first kappa shape index (κ1) is 28.7. The first-order valence-electron chi connectivity index (χ1n) is 27.9. The van der Waals surface area contributed by atoms with Gasteiger partial charge in [0.2, 0.25) is 0 Å². The Morgan fingerprint density at radius 3 is 1.65 bits per heavy atom. The zero-order valence-corrected chi connectivity index (χ0v) is 35.9. The van der Waals surface area contributed by atoms with Gasteiger partial charge in [0.1, 0.15) is 11.2 Å². The molecule has 0 saturated heterocycles. The van der Waals surface area contributed by atoms with Gasteiger partial charge in [-0.1, -0.05) is 200 Å². The minimum absolute atomic E-state index is 0.126.